The van der Waals surface area contributed by atoms with Crippen molar-refractivity contribution in [2.45, 2.75) is 0 Å². The van der Waals surface area contributed by atoms with Crippen LogP contribution in [-0.4, -0.2) is 14.5 Å². The zero-order valence-corrected chi connectivity index (χ0v) is 23.9. The maximum atomic E-state index is 6.28. The van der Waals surface area contributed by atoms with Crippen LogP contribution in [0.4, 0.5) is 0 Å². The van der Waals surface area contributed by atoms with E-state index in [9.17, 15) is 0 Å². The van der Waals surface area contributed by atoms with Crippen molar-refractivity contribution < 1.29 is 8.83 Å². The van der Waals surface area contributed by atoms with Gasteiger partial charge in [0.15, 0.2) is 0 Å². The number of hydrogen-bond acceptors (Lipinski definition) is 4. The highest BCUT2D eigenvalue weighted by Gasteiger charge is 2.21. The lowest BCUT2D eigenvalue weighted by molar-refractivity contribution is 0.668. The Morgan fingerprint density at radius 1 is 0.400 bits per heavy atom. The molecule has 4 aromatic heterocycles. The second-order valence-electron chi connectivity index (χ2n) is 11.4. The minimum atomic E-state index is 0.606. The van der Waals surface area contributed by atoms with E-state index in [4.69, 9.17) is 18.8 Å². The molecule has 10 aromatic rings. The molecule has 0 aliphatic heterocycles. The Morgan fingerprint density at radius 3 is 1.33 bits per heavy atom. The van der Waals surface area contributed by atoms with Gasteiger partial charge in [0.1, 0.15) is 22.3 Å². The minimum absolute atomic E-state index is 0.606. The quantitative estimate of drug-likeness (QED) is 0.210. The van der Waals surface area contributed by atoms with E-state index >= 15 is 0 Å². The average Bonchev–Trinajstić information content (AvgIpc) is 3.77. The van der Waals surface area contributed by atoms with Gasteiger partial charge in [-0.25, -0.2) is 9.97 Å². The predicted octanol–water partition coefficient (Wildman–Crippen LogP) is 10.7. The summed E-state index contributed by atoms with van der Waals surface area (Å²) in [7, 11) is 0. The van der Waals surface area contributed by atoms with E-state index in [0.29, 0.717) is 5.95 Å². The third kappa shape index (κ3) is 3.49. The van der Waals surface area contributed by atoms with Gasteiger partial charge in [0.05, 0.1) is 22.4 Å². The van der Waals surface area contributed by atoms with Crippen LogP contribution in [0.1, 0.15) is 0 Å². The molecule has 0 amide bonds. The molecule has 6 aromatic carbocycles. The summed E-state index contributed by atoms with van der Waals surface area (Å²) in [6.45, 7) is 0. The Bertz CT molecular complexity index is 2600. The third-order valence-electron chi connectivity index (χ3n) is 8.85. The van der Waals surface area contributed by atoms with Crippen LogP contribution in [0.3, 0.4) is 0 Å². The number of nitrogens with zero attached hydrogens (tertiary/aromatic N) is 3. The molecule has 45 heavy (non-hydrogen) atoms. The zero-order valence-electron chi connectivity index (χ0n) is 23.9. The third-order valence-corrected chi connectivity index (χ3v) is 8.85. The van der Waals surface area contributed by atoms with Gasteiger partial charge in [0.2, 0.25) is 5.95 Å². The number of benzene rings is 6. The van der Waals surface area contributed by atoms with Crippen LogP contribution >= 0.6 is 0 Å². The molecule has 0 spiro atoms. The Morgan fingerprint density at radius 2 is 0.822 bits per heavy atom. The van der Waals surface area contributed by atoms with Gasteiger partial charge in [-0.2, -0.15) is 0 Å². The van der Waals surface area contributed by atoms with E-state index in [1.165, 1.54) is 0 Å². The topological polar surface area (TPSA) is 57.0 Å². The molecular weight excluding hydrogens is 554 g/mol. The molecule has 0 saturated carbocycles. The van der Waals surface area contributed by atoms with E-state index in [-0.39, 0.29) is 0 Å². The molecule has 4 heterocycles. The number of fused-ring (bicyclic) bond motifs is 9. The van der Waals surface area contributed by atoms with E-state index in [2.05, 4.69) is 83.4 Å². The molecule has 210 valence electrons. The lowest BCUT2D eigenvalue weighted by Crippen LogP contribution is -2.04. The average molecular weight is 578 g/mol. The number of furan rings is 2. The van der Waals surface area contributed by atoms with E-state index in [1.807, 2.05) is 60.7 Å². The van der Waals surface area contributed by atoms with Gasteiger partial charge in [-0.3, -0.25) is 4.57 Å². The summed E-state index contributed by atoms with van der Waals surface area (Å²) in [5, 5.41) is 6.52. The van der Waals surface area contributed by atoms with Gasteiger partial charge < -0.3 is 8.83 Å². The molecule has 0 N–H and O–H groups in total. The van der Waals surface area contributed by atoms with Crippen LogP contribution in [0.5, 0.6) is 0 Å². The lowest BCUT2D eigenvalue weighted by atomic mass is 10.00. The Balaban J connectivity index is 1.34. The summed E-state index contributed by atoms with van der Waals surface area (Å²) in [6.07, 6.45) is 0. The van der Waals surface area contributed by atoms with Crippen LogP contribution < -0.4 is 0 Å². The van der Waals surface area contributed by atoms with Gasteiger partial charge in [-0.15, -0.1) is 0 Å². The predicted molar refractivity (Wildman–Crippen MR) is 182 cm³/mol. The van der Waals surface area contributed by atoms with Crippen molar-refractivity contribution in [1.29, 1.82) is 0 Å². The highest BCUT2D eigenvalue weighted by molar-refractivity contribution is 6.14. The Labute approximate surface area is 256 Å². The number of rotatable bonds is 3. The van der Waals surface area contributed by atoms with Gasteiger partial charge in [-0.1, -0.05) is 97.1 Å². The van der Waals surface area contributed by atoms with Crippen molar-refractivity contribution in [1.82, 2.24) is 14.5 Å². The largest absolute Gasteiger partial charge is 0.456 e. The Hall–Kier alpha value is -6.20. The normalized spacial score (nSPS) is 12.0. The molecule has 0 unspecified atom stereocenters. The maximum absolute atomic E-state index is 6.28. The summed E-state index contributed by atoms with van der Waals surface area (Å²) in [5.41, 5.74) is 9.10. The smallest absolute Gasteiger partial charge is 0.235 e. The first-order valence-corrected chi connectivity index (χ1v) is 15.0. The highest BCUT2D eigenvalue weighted by Crippen LogP contribution is 2.40. The van der Waals surface area contributed by atoms with Gasteiger partial charge in [0, 0.05) is 43.4 Å². The molecule has 5 nitrogen and oxygen atoms in total. The van der Waals surface area contributed by atoms with Crippen molar-refractivity contribution in [2.75, 3.05) is 0 Å². The molecule has 0 aliphatic carbocycles. The van der Waals surface area contributed by atoms with Crippen LogP contribution in [0.15, 0.2) is 148 Å². The molecule has 0 bridgehead atoms. The number of para-hydroxylation sites is 4. The fourth-order valence-corrected chi connectivity index (χ4v) is 6.92. The maximum Gasteiger partial charge on any atom is 0.235 e. The molecule has 0 radical (unpaired) electrons. The first-order valence-electron chi connectivity index (χ1n) is 15.0. The molecule has 10 rings (SSSR count). The van der Waals surface area contributed by atoms with Crippen molar-refractivity contribution in [3.8, 4) is 28.5 Å². The molecule has 0 fully saturated rings. The second-order valence-corrected chi connectivity index (χ2v) is 11.4. The zero-order chi connectivity index (χ0) is 29.5. The second kappa shape index (κ2) is 9.15. The van der Waals surface area contributed by atoms with Crippen LogP contribution in [-0.2, 0) is 0 Å². The first kappa shape index (κ1) is 24.3. The van der Waals surface area contributed by atoms with E-state index < -0.39 is 0 Å². The monoisotopic (exact) mass is 577 g/mol. The highest BCUT2D eigenvalue weighted by atomic mass is 16.3. The van der Waals surface area contributed by atoms with Crippen molar-refractivity contribution >= 4 is 65.7 Å². The van der Waals surface area contributed by atoms with Crippen molar-refractivity contribution in [3.63, 3.8) is 0 Å². The van der Waals surface area contributed by atoms with Crippen LogP contribution in [0, 0.1) is 0 Å². The molecule has 5 heteroatoms. The SMILES string of the molecule is c1ccc2c(c1)oc1cccc(-c3cc(-c4cccc5oc6ccccc6c45)nc(-n4c5ccccc5c5ccccc54)n3)c12. The van der Waals surface area contributed by atoms with E-state index in [0.717, 1.165) is 88.2 Å². The molecule has 0 atom stereocenters. The number of hydrogen-bond donors (Lipinski definition) is 0. The van der Waals surface area contributed by atoms with E-state index in [1.54, 1.807) is 0 Å². The van der Waals surface area contributed by atoms with Crippen molar-refractivity contribution in [3.05, 3.63) is 140 Å². The van der Waals surface area contributed by atoms with Gasteiger partial charge in [0.25, 0.3) is 0 Å². The molecular formula is C40H23N3O2. The molecule has 0 aliphatic rings. The standard InChI is InChI=1S/C40H23N3O2/c1-5-17-32-24(11-1)25-12-2-6-18-33(25)43(32)40-41-30(26-15-9-21-36-38(26)28-13-3-7-19-34(28)44-36)23-31(42-40)27-16-10-22-37-39(27)29-14-4-8-20-35(29)45-37/h1-23H. The summed E-state index contributed by atoms with van der Waals surface area (Å²) in [6, 6.07) is 47.7. The number of aromatic nitrogens is 3. The fraction of sp³-hybridized carbons (Fsp3) is 0. The Kier molecular flexibility index (Phi) is 4.93. The summed E-state index contributed by atoms with van der Waals surface area (Å²) < 4.78 is 14.7. The summed E-state index contributed by atoms with van der Waals surface area (Å²) >= 11 is 0. The van der Waals surface area contributed by atoms with Gasteiger partial charge >= 0.3 is 0 Å². The summed E-state index contributed by atoms with van der Waals surface area (Å²) in [5.74, 6) is 0.606. The van der Waals surface area contributed by atoms with Crippen LogP contribution in [0.2, 0.25) is 0 Å². The first-order chi connectivity index (χ1) is 22.3. The van der Waals surface area contributed by atoms with Gasteiger partial charge in [-0.05, 0) is 42.5 Å². The fourth-order valence-electron chi connectivity index (χ4n) is 6.92. The van der Waals surface area contributed by atoms with Crippen molar-refractivity contribution in [2.24, 2.45) is 0 Å². The minimum Gasteiger partial charge on any atom is -0.456 e. The summed E-state index contributed by atoms with van der Waals surface area (Å²) in [4.78, 5) is 10.7. The van der Waals surface area contributed by atoms with Crippen LogP contribution in [0.25, 0.3) is 94.1 Å². The lowest BCUT2D eigenvalue weighted by Gasteiger charge is -2.13. The molecule has 0 saturated heterocycles.